The Bertz CT molecular complexity index is 1360. The van der Waals surface area contributed by atoms with Crippen LogP contribution >= 0.6 is 14.8 Å². The van der Waals surface area contributed by atoms with E-state index in [1.54, 1.807) is 24.3 Å². The van der Waals surface area contributed by atoms with Gasteiger partial charge in [0.2, 0.25) is 0 Å². The molecule has 2 nitrogen and oxygen atoms in total. The van der Waals surface area contributed by atoms with Crippen LogP contribution in [0.3, 0.4) is 0 Å². The minimum atomic E-state index is -4.87. The lowest BCUT2D eigenvalue weighted by atomic mass is 9.84. The van der Waals surface area contributed by atoms with Crippen molar-refractivity contribution in [2.75, 3.05) is 0 Å². The molecule has 0 aromatic heterocycles. The molecule has 0 saturated heterocycles. The van der Waals surface area contributed by atoms with Crippen LogP contribution in [0.1, 0.15) is 26.3 Å². The molecule has 0 N–H and O–H groups in total. The molecule has 166 valence electrons. The summed E-state index contributed by atoms with van der Waals surface area (Å²) in [5.74, 6) is -0.330. The van der Waals surface area contributed by atoms with Gasteiger partial charge in [-0.05, 0) is 44.7 Å². The van der Waals surface area contributed by atoms with E-state index in [4.69, 9.17) is 0 Å². The van der Waals surface area contributed by atoms with Gasteiger partial charge in [-0.3, -0.25) is 0 Å². The van der Waals surface area contributed by atoms with Crippen molar-refractivity contribution < 1.29 is 22.1 Å². The Kier molecular flexibility index (Phi) is 5.84. The number of alkyl halides is 3. The van der Waals surface area contributed by atoms with Crippen molar-refractivity contribution in [2.24, 2.45) is 0 Å². The second kappa shape index (κ2) is 8.19. The number of benzene rings is 4. The van der Waals surface area contributed by atoms with E-state index in [9.17, 15) is 17.4 Å². The summed E-state index contributed by atoms with van der Waals surface area (Å²) in [5.41, 5.74) is 1.64. The second-order valence-electron chi connectivity index (χ2n) is 8.56. The van der Waals surface area contributed by atoms with Crippen molar-refractivity contribution >= 4 is 45.6 Å². The standard InChI is InChI=1S/C25H20BrF3O2S/c1-24(2,3)17-10-11-19-16(14-17)8-12-20(31-25(27,28)29)22(19)23-18-7-5-4-6-15(18)9-13-21(23)32(26)30/h4-14H,1-3H3. The van der Waals surface area contributed by atoms with Crippen LogP contribution in [0, 0.1) is 0 Å². The van der Waals surface area contributed by atoms with Gasteiger partial charge in [-0.25, -0.2) is 4.21 Å². The summed E-state index contributed by atoms with van der Waals surface area (Å²) in [7, 11) is -1.61. The highest BCUT2D eigenvalue weighted by Gasteiger charge is 2.33. The third-order valence-electron chi connectivity index (χ3n) is 5.39. The molecule has 0 heterocycles. The van der Waals surface area contributed by atoms with E-state index < -0.39 is 15.6 Å². The molecule has 7 heteroatoms. The highest BCUT2D eigenvalue weighted by molar-refractivity contribution is 9.46. The van der Waals surface area contributed by atoms with Gasteiger partial charge in [0.15, 0.2) is 0 Å². The summed E-state index contributed by atoms with van der Waals surface area (Å²) in [5, 5.41) is 2.89. The fourth-order valence-electron chi connectivity index (χ4n) is 3.89. The average molecular weight is 521 g/mol. The molecule has 4 aromatic carbocycles. The van der Waals surface area contributed by atoms with Gasteiger partial charge >= 0.3 is 6.36 Å². The number of halogens is 4. The molecule has 4 aromatic rings. The maximum Gasteiger partial charge on any atom is 0.573 e. The van der Waals surface area contributed by atoms with Crippen molar-refractivity contribution in [3.63, 3.8) is 0 Å². The Morgan fingerprint density at radius 1 is 0.812 bits per heavy atom. The number of fused-ring (bicyclic) bond motifs is 2. The Balaban J connectivity index is 2.16. The molecule has 0 aliphatic rings. The van der Waals surface area contributed by atoms with Crippen molar-refractivity contribution in [3.8, 4) is 16.9 Å². The highest BCUT2D eigenvalue weighted by Crippen LogP contribution is 2.46. The first-order valence-corrected chi connectivity index (χ1v) is 12.9. The highest BCUT2D eigenvalue weighted by atomic mass is 79.9. The van der Waals surface area contributed by atoms with E-state index in [0.717, 1.165) is 16.3 Å². The lowest BCUT2D eigenvalue weighted by molar-refractivity contribution is -0.274. The molecule has 0 amide bonds. The van der Waals surface area contributed by atoms with Crippen LogP contribution in [0.5, 0.6) is 5.75 Å². The van der Waals surface area contributed by atoms with E-state index in [1.165, 1.54) is 6.07 Å². The summed E-state index contributed by atoms with van der Waals surface area (Å²) in [4.78, 5) is 0.378. The molecule has 0 aliphatic heterocycles. The lowest BCUT2D eigenvalue weighted by Crippen LogP contribution is -2.18. The molecule has 0 aliphatic carbocycles. The van der Waals surface area contributed by atoms with Crippen molar-refractivity contribution in [3.05, 3.63) is 72.3 Å². The van der Waals surface area contributed by atoms with Gasteiger partial charge in [0.25, 0.3) is 0 Å². The molecule has 1 atom stereocenters. The van der Waals surface area contributed by atoms with Crippen LogP contribution in [0.4, 0.5) is 13.2 Å². The quantitative estimate of drug-likeness (QED) is 0.254. The lowest BCUT2D eigenvalue weighted by Gasteiger charge is -2.22. The molecule has 0 saturated carbocycles. The van der Waals surface area contributed by atoms with Crippen LogP contribution in [0.25, 0.3) is 32.7 Å². The van der Waals surface area contributed by atoms with Gasteiger partial charge in [-0.2, -0.15) is 0 Å². The summed E-state index contributed by atoms with van der Waals surface area (Å²) in [6, 6.07) is 19.5. The smallest absolute Gasteiger partial charge is 0.405 e. The Hall–Kier alpha value is -2.38. The molecule has 0 radical (unpaired) electrons. The predicted octanol–water partition coefficient (Wildman–Crippen LogP) is 8.27. The number of rotatable bonds is 3. The molecule has 0 spiro atoms. The van der Waals surface area contributed by atoms with Crippen LogP contribution in [-0.4, -0.2) is 10.6 Å². The predicted molar refractivity (Wildman–Crippen MR) is 128 cm³/mol. The monoisotopic (exact) mass is 520 g/mol. The third-order valence-corrected chi connectivity index (χ3v) is 7.12. The zero-order valence-electron chi connectivity index (χ0n) is 17.6. The van der Waals surface area contributed by atoms with Gasteiger partial charge in [0.1, 0.15) is 15.0 Å². The minimum absolute atomic E-state index is 0.128. The van der Waals surface area contributed by atoms with Gasteiger partial charge in [0, 0.05) is 25.9 Å². The first kappa shape index (κ1) is 22.8. The third kappa shape index (κ3) is 4.41. The Morgan fingerprint density at radius 3 is 2.12 bits per heavy atom. The zero-order valence-corrected chi connectivity index (χ0v) is 20.0. The average Bonchev–Trinajstić information content (AvgIpc) is 2.70. The van der Waals surface area contributed by atoms with Gasteiger partial charge in [-0.1, -0.05) is 75.4 Å². The van der Waals surface area contributed by atoms with Crippen molar-refractivity contribution in [1.29, 1.82) is 0 Å². The summed E-state index contributed by atoms with van der Waals surface area (Å²) >= 11 is 3.11. The van der Waals surface area contributed by atoms with Gasteiger partial charge < -0.3 is 4.74 Å². The van der Waals surface area contributed by atoms with Gasteiger partial charge in [-0.15, -0.1) is 13.2 Å². The van der Waals surface area contributed by atoms with E-state index in [-0.39, 0.29) is 16.7 Å². The van der Waals surface area contributed by atoms with E-state index in [1.807, 2.05) is 36.4 Å². The Labute approximate surface area is 194 Å². The first-order chi connectivity index (χ1) is 15.0. The van der Waals surface area contributed by atoms with E-state index in [2.05, 4.69) is 40.3 Å². The number of hydrogen-bond donors (Lipinski definition) is 0. The SMILES string of the molecule is CC(C)(C)c1ccc2c(-c3c(S(=O)Br)ccc4ccccc34)c(OC(F)(F)F)ccc2c1. The van der Waals surface area contributed by atoms with E-state index >= 15 is 0 Å². The van der Waals surface area contributed by atoms with Crippen molar-refractivity contribution in [1.82, 2.24) is 0 Å². The van der Waals surface area contributed by atoms with Crippen LogP contribution in [0.2, 0.25) is 0 Å². The fourth-order valence-corrected chi connectivity index (χ4v) is 5.24. The van der Waals surface area contributed by atoms with E-state index in [0.29, 0.717) is 21.2 Å². The molecule has 1 unspecified atom stereocenters. The molecule has 0 fully saturated rings. The zero-order chi connectivity index (χ0) is 23.3. The van der Waals surface area contributed by atoms with Crippen LogP contribution in [-0.2, 0) is 14.6 Å². The largest absolute Gasteiger partial charge is 0.573 e. The molecule has 32 heavy (non-hydrogen) atoms. The molecule has 0 bridgehead atoms. The fraction of sp³-hybridized carbons (Fsp3) is 0.200. The summed E-state index contributed by atoms with van der Waals surface area (Å²) in [6.07, 6.45) is -4.87. The summed E-state index contributed by atoms with van der Waals surface area (Å²) < 4.78 is 57.0. The topological polar surface area (TPSA) is 26.3 Å². The first-order valence-electron chi connectivity index (χ1n) is 9.89. The normalized spacial score (nSPS) is 13.5. The van der Waals surface area contributed by atoms with Crippen LogP contribution < -0.4 is 4.74 Å². The Morgan fingerprint density at radius 2 is 1.47 bits per heavy atom. The van der Waals surface area contributed by atoms with Crippen molar-refractivity contribution in [2.45, 2.75) is 37.4 Å². The summed E-state index contributed by atoms with van der Waals surface area (Å²) in [6.45, 7) is 6.23. The molecular weight excluding hydrogens is 501 g/mol. The maximum atomic E-state index is 13.3. The second-order valence-corrected chi connectivity index (χ2v) is 11.2. The number of ether oxygens (including phenoxy) is 1. The van der Waals surface area contributed by atoms with Gasteiger partial charge in [0.05, 0.1) is 4.90 Å². The minimum Gasteiger partial charge on any atom is -0.405 e. The number of hydrogen-bond acceptors (Lipinski definition) is 2. The van der Waals surface area contributed by atoms with Crippen LogP contribution in [0.15, 0.2) is 71.6 Å². The molecular formula is C25H20BrF3O2S. The molecule has 4 rings (SSSR count). The maximum absolute atomic E-state index is 13.3.